The fourth-order valence-corrected chi connectivity index (χ4v) is 4.69. The van der Waals surface area contributed by atoms with Gasteiger partial charge in [0.1, 0.15) is 11.4 Å². The van der Waals surface area contributed by atoms with E-state index in [1.165, 1.54) is 6.07 Å². The van der Waals surface area contributed by atoms with Crippen molar-refractivity contribution in [2.45, 2.75) is 39.2 Å². The van der Waals surface area contributed by atoms with E-state index >= 15 is 0 Å². The third-order valence-electron chi connectivity index (χ3n) is 6.60. The molecule has 2 aliphatic rings. The topological polar surface area (TPSA) is 55.6 Å². The van der Waals surface area contributed by atoms with Crippen molar-refractivity contribution in [1.82, 2.24) is 4.98 Å². The molecule has 3 atom stereocenters. The van der Waals surface area contributed by atoms with Gasteiger partial charge in [-0.2, -0.15) is 0 Å². The normalized spacial score (nSPS) is 22.1. The van der Waals surface area contributed by atoms with E-state index in [9.17, 15) is 4.39 Å². The number of hydrogen-bond acceptors (Lipinski definition) is 3. The van der Waals surface area contributed by atoms with Crippen molar-refractivity contribution < 1.29 is 4.39 Å². The van der Waals surface area contributed by atoms with Crippen LogP contribution in [0.15, 0.2) is 65.4 Å². The van der Waals surface area contributed by atoms with Crippen molar-refractivity contribution >= 4 is 17.4 Å². The van der Waals surface area contributed by atoms with Crippen LogP contribution < -0.4 is 5.73 Å². The van der Waals surface area contributed by atoms with Gasteiger partial charge in [-0.1, -0.05) is 43.0 Å². The molecular weight excluding hydrogens is 411 g/mol. The summed E-state index contributed by atoms with van der Waals surface area (Å²) < 4.78 is 14.4. The van der Waals surface area contributed by atoms with Gasteiger partial charge in [0.2, 0.25) is 0 Å². The van der Waals surface area contributed by atoms with Crippen LogP contribution >= 0.6 is 0 Å². The molecule has 168 valence electrons. The highest BCUT2D eigenvalue weighted by molar-refractivity contribution is 5.99. The molecule has 33 heavy (non-hydrogen) atoms. The van der Waals surface area contributed by atoms with Crippen molar-refractivity contribution in [1.29, 1.82) is 0 Å². The lowest BCUT2D eigenvalue weighted by Gasteiger charge is -2.25. The van der Waals surface area contributed by atoms with Crippen LogP contribution in [-0.2, 0) is 6.54 Å². The second-order valence-electron chi connectivity index (χ2n) is 8.60. The maximum Gasteiger partial charge on any atom is 0.311 e. The van der Waals surface area contributed by atoms with Crippen LogP contribution in [0.3, 0.4) is 0 Å². The molecule has 1 aromatic heterocycles. The van der Waals surface area contributed by atoms with E-state index in [0.717, 1.165) is 45.6 Å². The van der Waals surface area contributed by atoms with Gasteiger partial charge in [-0.25, -0.2) is 4.39 Å². The van der Waals surface area contributed by atoms with Crippen molar-refractivity contribution in [2.75, 3.05) is 7.05 Å². The molecule has 1 aromatic carbocycles. The number of nitrogens with two attached hydrogens (primary N) is 1. The maximum atomic E-state index is 14.4. The van der Waals surface area contributed by atoms with Crippen LogP contribution in [0.5, 0.6) is 0 Å². The Morgan fingerprint density at radius 2 is 2.09 bits per heavy atom. The van der Waals surface area contributed by atoms with Crippen LogP contribution in [-0.4, -0.2) is 18.2 Å². The van der Waals surface area contributed by atoms with Gasteiger partial charge < -0.3 is 5.73 Å². The standard InChI is InChI=1S/C28H30FN4/c1-4-19-6-5-11-32-28(12-19)23-14-25(27-10-7-20(15-30)16-33-27)26(17-31-3)24-13-21(29)8-9-22(24)18(23)2/h5-13,16,18-19,23H,4,14-15,30H2,1-3H3/q+1. The summed E-state index contributed by atoms with van der Waals surface area (Å²) in [4.78, 5) is 13.7. The van der Waals surface area contributed by atoms with Gasteiger partial charge in [0.15, 0.2) is 0 Å². The Bertz CT molecular complexity index is 1210. The van der Waals surface area contributed by atoms with E-state index in [0.29, 0.717) is 18.9 Å². The zero-order valence-corrected chi connectivity index (χ0v) is 19.4. The minimum absolute atomic E-state index is 0.0987. The van der Waals surface area contributed by atoms with E-state index in [4.69, 9.17) is 15.7 Å². The lowest BCUT2D eigenvalue weighted by molar-refractivity contribution is 0.517. The highest BCUT2D eigenvalue weighted by Crippen LogP contribution is 2.46. The molecule has 0 spiro atoms. The smallest absolute Gasteiger partial charge is 0.311 e. The first-order valence-electron chi connectivity index (χ1n) is 11.5. The Balaban J connectivity index is 1.95. The van der Waals surface area contributed by atoms with Gasteiger partial charge >= 0.3 is 6.07 Å². The van der Waals surface area contributed by atoms with Crippen LogP contribution in [0.4, 0.5) is 4.39 Å². The molecule has 1 aliphatic carbocycles. The fourth-order valence-electron chi connectivity index (χ4n) is 4.69. The van der Waals surface area contributed by atoms with E-state index < -0.39 is 0 Å². The van der Waals surface area contributed by atoms with Gasteiger partial charge in [0.05, 0.1) is 5.69 Å². The van der Waals surface area contributed by atoms with Crippen LogP contribution in [0.2, 0.25) is 0 Å². The number of aromatic nitrogens is 1. The molecule has 1 aliphatic heterocycles. The largest absolute Gasteiger partial charge is 0.326 e. The third-order valence-corrected chi connectivity index (χ3v) is 6.60. The summed E-state index contributed by atoms with van der Waals surface area (Å²) in [6.45, 7) is 4.82. The van der Waals surface area contributed by atoms with Crippen LogP contribution in [0, 0.1) is 23.7 Å². The summed E-state index contributed by atoms with van der Waals surface area (Å²) in [5, 5.41) is 0. The first-order chi connectivity index (χ1) is 16.0. The number of rotatable bonds is 4. The Labute approximate surface area is 195 Å². The summed E-state index contributed by atoms with van der Waals surface area (Å²) >= 11 is 0. The van der Waals surface area contributed by atoms with Gasteiger partial charge in [0.25, 0.3) is 7.05 Å². The van der Waals surface area contributed by atoms with Gasteiger partial charge in [0, 0.05) is 41.7 Å². The molecule has 3 unspecified atom stereocenters. The average Bonchev–Trinajstić information content (AvgIpc) is 3.14. The summed E-state index contributed by atoms with van der Waals surface area (Å²) in [6, 6.07) is 12.2. The first kappa shape index (κ1) is 22.8. The third kappa shape index (κ3) is 4.72. The Morgan fingerprint density at radius 1 is 1.24 bits per heavy atom. The minimum Gasteiger partial charge on any atom is -0.326 e. The molecule has 0 saturated carbocycles. The lowest BCUT2D eigenvalue weighted by Crippen LogP contribution is -2.13. The zero-order chi connectivity index (χ0) is 23.4. The molecule has 2 heterocycles. The number of halogens is 1. The molecule has 2 aromatic rings. The molecule has 4 nitrogen and oxygen atoms in total. The molecule has 0 radical (unpaired) electrons. The molecule has 0 fully saturated rings. The maximum absolute atomic E-state index is 14.4. The summed E-state index contributed by atoms with van der Waals surface area (Å²) in [6.07, 6.45) is 11.9. The summed E-state index contributed by atoms with van der Waals surface area (Å²) in [5.74, 6) is 0.279. The average molecular weight is 442 g/mol. The van der Waals surface area contributed by atoms with Crippen molar-refractivity contribution in [3.63, 3.8) is 0 Å². The minimum atomic E-state index is -0.275. The Morgan fingerprint density at radius 3 is 2.79 bits per heavy atom. The number of aliphatic imine (C=N–C) groups is 1. The summed E-state index contributed by atoms with van der Waals surface area (Å²) in [5.41, 5.74) is 12.3. The van der Waals surface area contributed by atoms with E-state index in [2.05, 4.69) is 36.9 Å². The predicted molar refractivity (Wildman–Crippen MR) is 135 cm³/mol. The monoisotopic (exact) mass is 441 g/mol. The molecule has 0 saturated heterocycles. The molecule has 5 heteroatoms. The number of allylic oxidation sites excluding steroid dienone is 6. The van der Waals surface area contributed by atoms with E-state index in [1.54, 1.807) is 19.3 Å². The molecule has 4 rings (SSSR count). The van der Waals surface area contributed by atoms with Crippen molar-refractivity contribution in [2.24, 2.45) is 22.6 Å². The highest BCUT2D eigenvalue weighted by Gasteiger charge is 2.34. The van der Waals surface area contributed by atoms with Gasteiger partial charge in [-0.3, -0.25) is 9.98 Å². The Hall–Kier alpha value is -3.36. The molecule has 0 amide bonds. The van der Waals surface area contributed by atoms with Gasteiger partial charge in [-0.05, 0) is 60.1 Å². The Kier molecular flexibility index (Phi) is 6.96. The van der Waals surface area contributed by atoms with Crippen LogP contribution in [0.25, 0.3) is 16.0 Å². The van der Waals surface area contributed by atoms with Crippen LogP contribution in [0.1, 0.15) is 55.0 Å². The first-order valence-corrected chi connectivity index (χ1v) is 11.5. The van der Waals surface area contributed by atoms with E-state index in [-0.39, 0.29) is 17.7 Å². The molecular formula is C28H30FN4+. The highest BCUT2D eigenvalue weighted by atomic mass is 19.1. The number of benzene rings is 1. The quantitative estimate of drug-likeness (QED) is 0.612. The number of nitrogens with zero attached hydrogens (tertiary/aromatic N) is 3. The number of pyridine rings is 1. The SMILES string of the molecule is CCC1C=CC=NC(C2CC(c3ccc(CN)cn3)=C(C#[N+]C)c3cc(F)ccc3C2C)=C1. The molecule has 0 bridgehead atoms. The van der Waals surface area contributed by atoms with Crippen molar-refractivity contribution in [3.05, 3.63) is 93.5 Å². The molecule has 2 N–H and O–H groups in total. The number of fused-ring (bicyclic) bond motifs is 1. The van der Waals surface area contributed by atoms with E-state index in [1.807, 2.05) is 30.5 Å². The predicted octanol–water partition coefficient (Wildman–Crippen LogP) is 6.23. The lowest BCUT2D eigenvalue weighted by atomic mass is 9.81. The number of hydrogen-bond donors (Lipinski definition) is 1. The second kappa shape index (κ2) is 10.1. The fraction of sp³-hybridized carbons (Fsp3) is 0.321. The second-order valence-corrected chi connectivity index (χ2v) is 8.60. The summed E-state index contributed by atoms with van der Waals surface area (Å²) in [7, 11) is 1.69. The van der Waals surface area contributed by atoms with Crippen molar-refractivity contribution in [3.8, 4) is 6.07 Å². The zero-order valence-electron chi connectivity index (χ0n) is 19.4. The van der Waals surface area contributed by atoms with Gasteiger partial charge in [-0.15, -0.1) is 0 Å².